The van der Waals surface area contributed by atoms with E-state index in [0.717, 1.165) is 6.92 Å². The molecule has 6 nitrogen and oxygen atoms in total. The lowest BCUT2D eigenvalue weighted by atomic mass is 10.3. The predicted octanol–water partition coefficient (Wildman–Crippen LogP) is 0.484. The number of sulfonamides is 1. The van der Waals surface area contributed by atoms with Gasteiger partial charge in [0.15, 0.2) is 5.25 Å². The number of nitrogens with two attached hydrogens (primary N) is 1. The first-order valence-corrected chi connectivity index (χ1v) is 5.98. The number of rotatable bonds is 4. The van der Waals surface area contributed by atoms with E-state index in [2.05, 4.69) is 4.72 Å². The number of hydrogen-bond acceptors (Lipinski definition) is 4. The van der Waals surface area contributed by atoms with Crippen molar-refractivity contribution in [1.82, 2.24) is 0 Å². The van der Waals surface area contributed by atoms with E-state index in [1.165, 1.54) is 12.1 Å². The molecule has 0 heterocycles. The van der Waals surface area contributed by atoms with Crippen molar-refractivity contribution in [3.8, 4) is 0 Å². The van der Waals surface area contributed by atoms with Crippen LogP contribution in [0.1, 0.15) is 6.92 Å². The summed E-state index contributed by atoms with van der Waals surface area (Å²) >= 11 is 0. The predicted molar refractivity (Wildman–Crippen MR) is 60.5 cm³/mol. The summed E-state index contributed by atoms with van der Waals surface area (Å²) in [5.74, 6) is -1.41. The molecule has 0 bridgehead atoms. The number of nitrogen functional groups attached to an aromatic ring is 1. The maximum atomic E-state index is 11.5. The average Bonchev–Trinajstić information content (AvgIpc) is 2.20. The van der Waals surface area contributed by atoms with E-state index in [1.54, 1.807) is 12.1 Å². The molecule has 4 N–H and O–H groups in total. The minimum atomic E-state index is -3.96. The Labute approximate surface area is 93.1 Å². The molecule has 0 saturated carbocycles. The molecule has 0 aliphatic carbocycles. The molecule has 0 aliphatic rings. The summed E-state index contributed by atoms with van der Waals surface area (Å²) in [6.07, 6.45) is 0. The van der Waals surface area contributed by atoms with Gasteiger partial charge in [0.05, 0.1) is 11.4 Å². The van der Waals surface area contributed by atoms with Crippen LogP contribution in [-0.2, 0) is 14.8 Å². The lowest BCUT2D eigenvalue weighted by molar-refractivity contribution is -0.136. The maximum absolute atomic E-state index is 11.5. The highest BCUT2D eigenvalue weighted by atomic mass is 32.2. The molecule has 0 fully saturated rings. The second-order valence-corrected chi connectivity index (χ2v) is 5.22. The summed E-state index contributed by atoms with van der Waals surface area (Å²) in [4.78, 5) is 10.6. The van der Waals surface area contributed by atoms with E-state index in [-0.39, 0.29) is 11.4 Å². The van der Waals surface area contributed by atoms with Crippen molar-refractivity contribution in [2.45, 2.75) is 12.2 Å². The van der Waals surface area contributed by atoms with Gasteiger partial charge in [-0.1, -0.05) is 12.1 Å². The minimum Gasteiger partial charge on any atom is -0.480 e. The third-order valence-corrected chi connectivity index (χ3v) is 3.66. The normalized spacial score (nSPS) is 13.1. The van der Waals surface area contributed by atoms with Crippen LogP contribution >= 0.6 is 0 Å². The zero-order valence-electron chi connectivity index (χ0n) is 8.54. The number of hydrogen-bond donors (Lipinski definition) is 3. The zero-order chi connectivity index (χ0) is 12.3. The Kier molecular flexibility index (Phi) is 3.38. The Bertz CT molecular complexity index is 498. The van der Waals surface area contributed by atoms with E-state index in [4.69, 9.17) is 10.8 Å². The molecule has 0 aliphatic heterocycles. The van der Waals surface area contributed by atoms with Crippen LogP contribution in [-0.4, -0.2) is 24.7 Å². The van der Waals surface area contributed by atoms with E-state index < -0.39 is 21.2 Å². The molecule has 0 saturated heterocycles. The Hall–Kier alpha value is -1.76. The van der Waals surface area contributed by atoms with Gasteiger partial charge in [-0.2, -0.15) is 0 Å². The molecule has 0 radical (unpaired) electrons. The lowest BCUT2D eigenvalue weighted by Gasteiger charge is -2.12. The van der Waals surface area contributed by atoms with Crippen molar-refractivity contribution in [3.05, 3.63) is 24.3 Å². The summed E-state index contributed by atoms with van der Waals surface area (Å²) in [7, 11) is -3.96. The van der Waals surface area contributed by atoms with Gasteiger partial charge < -0.3 is 10.8 Å². The number of para-hydroxylation sites is 2. The summed E-state index contributed by atoms with van der Waals surface area (Å²) in [5.41, 5.74) is 5.95. The number of carboxylic acids is 1. The maximum Gasteiger partial charge on any atom is 0.323 e. The summed E-state index contributed by atoms with van der Waals surface area (Å²) in [5, 5.41) is 7.08. The van der Waals surface area contributed by atoms with Crippen LogP contribution in [0, 0.1) is 0 Å². The summed E-state index contributed by atoms with van der Waals surface area (Å²) in [6.45, 7) is 1.09. The third-order valence-electron chi connectivity index (χ3n) is 2.03. The highest BCUT2D eigenvalue weighted by Crippen LogP contribution is 2.19. The molecule has 1 unspecified atom stereocenters. The van der Waals surface area contributed by atoms with Crippen LogP contribution in [0.15, 0.2) is 24.3 Å². The van der Waals surface area contributed by atoms with Gasteiger partial charge in [-0.3, -0.25) is 9.52 Å². The Morgan fingerprint density at radius 1 is 1.44 bits per heavy atom. The minimum absolute atomic E-state index is 0.176. The zero-order valence-corrected chi connectivity index (χ0v) is 9.36. The number of nitrogens with one attached hydrogen (secondary N) is 1. The van der Waals surface area contributed by atoms with Crippen molar-refractivity contribution < 1.29 is 18.3 Å². The number of carbonyl (C=O) groups is 1. The molecule has 16 heavy (non-hydrogen) atoms. The van der Waals surface area contributed by atoms with Crippen molar-refractivity contribution in [2.75, 3.05) is 10.5 Å². The first-order valence-electron chi connectivity index (χ1n) is 4.43. The quantitative estimate of drug-likeness (QED) is 0.667. The average molecular weight is 244 g/mol. The molecule has 0 spiro atoms. The van der Waals surface area contributed by atoms with E-state index >= 15 is 0 Å². The van der Waals surface area contributed by atoms with Crippen LogP contribution in [0.4, 0.5) is 11.4 Å². The van der Waals surface area contributed by atoms with Crippen LogP contribution in [0.3, 0.4) is 0 Å². The standard InChI is InChI=1S/C9H12N2O4S/c1-6(9(12)13)16(14,15)11-8-5-3-2-4-7(8)10/h2-6,11H,10H2,1H3,(H,12,13). The van der Waals surface area contributed by atoms with Crippen molar-refractivity contribution in [3.63, 3.8) is 0 Å². The van der Waals surface area contributed by atoms with E-state index in [1.807, 2.05) is 0 Å². The van der Waals surface area contributed by atoms with Crippen LogP contribution < -0.4 is 10.5 Å². The molecule has 88 valence electrons. The van der Waals surface area contributed by atoms with Gasteiger partial charge >= 0.3 is 5.97 Å². The number of carboxylic acid groups (broad SMARTS) is 1. The van der Waals surface area contributed by atoms with E-state index in [9.17, 15) is 13.2 Å². The Morgan fingerprint density at radius 2 is 2.00 bits per heavy atom. The first-order chi connectivity index (χ1) is 7.34. The second kappa shape index (κ2) is 4.40. The molecule has 7 heteroatoms. The largest absolute Gasteiger partial charge is 0.480 e. The summed E-state index contributed by atoms with van der Waals surface area (Å²) in [6, 6.07) is 6.22. The number of benzene rings is 1. The van der Waals surface area contributed by atoms with Gasteiger partial charge in [-0.25, -0.2) is 8.42 Å². The van der Waals surface area contributed by atoms with Gasteiger partial charge in [-0.05, 0) is 19.1 Å². The Balaban J connectivity index is 2.98. The second-order valence-electron chi connectivity index (χ2n) is 3.21. The lowest BCUT2D eigenvalue weighted by Crippen LogP contribution is -2.32. The van der Waals surface area contributed by atoms with Crippen molar-refractivity contribution in [1.29, 1.82) is 0 Å². The van der Waals surface area contributed by atoms with Crippen LogP contribution in [0.5, 0.6) is 0 Å². The van der Waals surface area contributed by atoms with Gasteiger partial charge in [0.25, 0.3) is 0 Å². The van der Waals surface area contributed by atoms with E-state index in [0.29, 0.717) is 0 Å². The molecule has 1 aromatic carbocycles. The van der Waals surface area contributed by atoms with Gasteiger partial charge in [0.2, 0.25) is 10.0 Å². The fraction of sp³-hybridized carbons (Fsp3) is 0.222. The monoisotopic (exact) mass is 244 g/mol. The molecule has 1 rings (SSSR count). The molecular formula is C9H12N2O4S. The smallest absolute Gasteiger partial charge is 0.323 e. The first kappa shape index (κ1) is 12.3. The van der Waals surface area contributed by atoms with Crippen molar-refractivity contribution in [2.24, 2.45) is 0 Å². The van der Waals surface area contributed by atoms with Crippen LogP contribution in [0.2, 0.25) is 0 Å². The van der Waals surface area contributed by atoms with Gasteiger partial charge in [-0.15, -0.1) is 0 Å². The SMILES string of the molecule is CC(C(=O)O)S(=O)(=O)Nc1ccccc1N. The highest BCUT2D eigenvalue weighted by molar-refractivity contribution is 7.94. The van der Waals surface area contributed by atoms with Crippen molar-refractivity contribution >= 4 is 27.4 Å². The molecule has 0 amide bonds. The van der Waals surface area contributed by atoms with Gasteiger partial charge in [0.1, 0.15) is 0 Å². The fourth-order valence-corrected chi connectivity index (χ4v) is 1.90. The molecular weight excluding hydrogens is 232 g/mol. The van der Waals surface area contributed by atoms with Gasteiger partial charge in [0, 0.05) is 0 Å². The number of anilines is 2. The third kappa shape index (κ3) is 2.63. The molecule has 1 atom stereocenters. The number of aliphatic carboxylic acids is 1. The molecule has 1 aromatic rings. The Morgan fingerprint density at radius 3 is 2.50 bits per heavy atom. The highest BCUT2D eigenvalue weighted by Gasteiger charge is 2.27. The molecule has 0 aromatic heterocycles. The fourth-order valence-electron chi connectivity index (χ4n) is 0.964. The summed E-state index contributed by atoms with van der Waals surface area (Å²) < 4.78 is 25.2. The topological polar surface area (TPSA) is 109 Å². The van der Waals surface area contributed by atoms with Crippen LogP contribution in [0.25, 0.3) is 0 Å².